The van der Waals surface area contributed by atoms with E-state index in [0.29, 0.717) is 49.8 Å². The molecule has 3 aromatic carbocycles. The summed E-state index contributed by atoms with van der Waals surface area (Å²) in [5.74, 6) is 0.239. The minimum atomic E-state index is -0.629. The molecule has 0 atom stereocenters. The Kier molecular flexibility index (Phi) is 7.30. The van der Waals surface area contributed by atoms with E-state index in [4.69, 9.17) is 24.4 Å². The lowest BCUT2D eigenvalue weighted by molar-refractivity contribution is 0.0962. The van der Waals surface area contributed by atoms with Crippen molar-refractivity contribution in [3.63, 3.8) is 0 Å². The maximum absolute atomic E-state index is 15.9. The van der Waals surface area contributed by atoms with Gasteiger partial charge in [-0.05, 0) is 40.3 Å². The normalized spacial score (nSPS) is 16.5. The van der Waals surface area contributed by atoms with Crippen LogP contribution in [0.25, 0.3) is 0 Å². The molecule has 0 spiro atoms. The highest BCUT2D eigenvalue weighted by atomic mass is 19.1. The SMILES string of the molecule is COc1c(N2CCOCC2)cc(C(=O)CN2Cc3cc4c(c(F)c3C2=N)OCc2ccccc2CO4)cc1C(C)(C)C. The van der Waals surface area contributed by atoms with Crippen molar-refractivity contribution in [1.82, 2.24) is 4.90 Å². The van der Waals surface area contributed by atoms with Gasteiger partial charge in [-0.3, -0.25) is 10.2 Å². The Bertz CT molecular complexity index is 1560. The number of methoxy groups -OCH3 is 1. The number of nitrogens with zero attached hydrogens (tertiary/aromatic N) is 2. The van der Waals surface area contributed by atoms with Gasteiger partial charge in [0.1, 0.15) is 24.8 Å². The van der Waals surface area contributed by atoms with Crippen LogP contribution in [-0.4, -0.2) is 56.5 Å². The summed E-state index contributed by atoms with van der Waals surface area (Å²) in [6.07, 6.45) is 0. The lowest BCUT2D eigenvalue weighted by Crippen LogP contribution is -2.37. The van der Waals surface area contributed by atoms with Gasteiger partial charge in [-0.25, -0.2) is 4.39 Å². The van der Waals surface area contributed by atoms with Crippen LogP contribution in [0.3, 0.4) is 0 Å². The zero-order valence-corrected chi connectivity index (χ0v) is 24.5. The average Bonchev–Trinajstić information content (AvgIpc) is 3.28. The van der Waals surface area contributed by atoms with E-state index in [-0.39, 0.29) is 48.0 Å². The molecule has 0 saturated carbocycles. The van der Waals surface area contributed by atoms with E-state index in [9.17, 15) is 4.79 Å². The summed E-state index contributed by atoms with van der Waals surface area (Å²) >= 11 is 0. The third-order valence-corrected chi connectivity index (χ3v) is 8.15. The van der Waals surface area contributed by atoms with Crippen molar-refractivity contribution in [2.24, 2.45) is 0 Å². The number of carbonyl (C=O) groups is 1. The highest BCUT2D eigenvalue weighted by Crippen LogP contribution is 2.42. The van der Waals surface area contributed by atoms with Gasteiger partial charge in [0.15, 0.2) is 23.1 Å². The average molecular weight is 574 g/mol. The second kappa shape index (κ2) is 10.9. The molecule has 3 aromatic rings. The number of ketones is 1. The van der Waals surface area contributed by atoms with E-state index in [1.54, 1.807) is 18.1 Å². The van der Waals surface area contributed by atoms with Crippen molar-refractivity contribution < 1.29 is 28.1 Å². The Balaban J connectivity index is 1.28. The molecule has 0 aromatic heterocycles. The first-order chi connectivity index (χ1) is 20.2. The molecule has 3 aliphatic rings. The van der Waals surface area contributed by atoms with Gasteiger partial charge in [-0.2, -0.15) is 0 Å². The predicted octanol–water partition coefficient (Wildman–Crippen LogP) is 5.46. The number of rotatable bonds is 5. The standard InChI is InChI=1S/C33H36FN3O5/c1-33(2,3)24-13-22(14-25(30(24)39-4)36-9-11-40-12-10-36)26(38)17-37-16-23-15-27-31(29(34)28(23)32(37)35)42-19-21-8-6-5-7-20(21)18-41-27/h5-8,13-15,35H,9-12,16-19H2,1-4H3. The highest BCUT2D eigenvalue weighted by molar-refractivity contribution is 6.06. The maximum atomic E-state index is 15.9. The fourth-order valence-corrected chi connectivity index (χ4v) is 5.85. The van der Waals surface area contributed by atoms with Crippen molar-refractivity contribution >= 4 is 17.3 Å². The van der Waals surface area contributed by atoms with E-state index in [1.807, 2.05) is 36.4 Å². The van der Waals surface area contributed by atoms with E-state index in [0.717, 1.165) is 28.1 Å². The van der Waals surface area contributed by atoms with Gasteiger partial charge in [0.2, 0.25) is 0 Å². The van der Waals surface area contributed by atoms with E-state index in [2.05, 4.69) is 25.7 Å². The molecule has 0 unspecified atom stereocenters. The lowest BCUT2D eigenvalue weighted by atomic mass is 9.84. The number of nitrogens with one attached hydrogen (secondary N) is 1. The number of hydrogen-bond donors (Lipinski definition) is 1. The quantitative estimate of drug-likeness (QED) is 0.406. The van der Waals surface area contributed by atoms with Crippen molar-refractivity contribution in [1.29, 1.82) is 5.41 Å². The largest absolute Gasteiger partial charge is 0.494 e. The van der Waals surface area contributed by atoms with Crippen LogP contribution in [0.4, 0.5) is 10.1 Å². The number of hydrogen-bond acceptors (Lipinski definition) is 7. The first kappa shape index (κ1) is 28.0. The number of morpholine rings is 1. The van der Waals surface area contributed by atoms with Crippen molar-refractivity contribution in [3.8, 4) is 17.2 Å². The molecule has 0 amide bonds. The van der Waals surface area contributed by atoms with Crippen LogP contribution in [0, 0.1) is 11.2 Å². The second-order valence-corrected chi connectivity index (χ2v) is 12.0. The molecule has 9 heteroatoms. The summed E-state index contributed by atoms with van der Waals surface area (Å²) in [5.41, 5.74) is 4.70. The Morgan fingerprint density at radius 1 is 1.02 bits per heavy atom. The number of halogens is 1. The number of amidine groups is 1. The molecular formula is C33H36FN3O5. The molecule has 1 fully saturated rings. The topological polar surface area (TPSA) is 84.3 Å². The van der Waals surface area contributed by atoms with Crippen molar-refractivity contribution in [2.75, 3.05) is 44.9 Å². The Morgan fingerprint density at radius 2 is 1.71 bits per heavy atom. The number of Topliss-reactive ketones (excluding diaryl/α,β-unsaturated/α-hetero) is 1. The maximum Gasteiger partial charge on any atom is 0.198 e. The van der Waals surface area contributed by atoms with Gasteiger partial charge in [0.05, 0.1) is 38.1 Å². The molecule has 0 radical (unpaired) electrons. The third-order valence-electron chi connectivity index (χ3n) is 8.15. The van der Waals surface area contributed by atoms with Gasteiger partial charge in [0, 0.05) is 30.8 Å². The van der Waals surface area contributed by atoms with Crippen molar-refractivity contribution in [2.45, 2.75) is 45.9 Å². The van der Waals surface area contributed by atoms with Crippen LogP contribution >= 0.6 is 0 Å². The molecule has 8 nitrogen and oxygen atoms in total. The summed E-state index contributed by atoms with van der Waals surface area (Å²) in [7, 11) is 1.66. The van der Waals surface area contributed by atoms with E-state index in [1.165, 1.54) is 0 Å². The fourth-order valence-electron chi connectivity index (χ4n) is 5.85. The van der Waals surface area contributed by atoms with Crippen LogP contribution in [0.1, 0.15) is 58.9 Å². The predicted molar refractivity (Wildman–Crippen MR) is 158 cm³/mol. The number of ether oxygens (including phenoxy) is 4. The molecule has 42 heavy (non-hydrogen) atoms. The monoisotopic (exact) mass is 573 g/mol. The second-order valence-electron chi connectivity index (χ2n) is 12.0. The Morgan fingerprint density at radius 3 is 2.38 bits per heavy atom. The minimum absolute atomic E-state index is 0.00121. The van der Waals surface area contributed by atoms with Gasteiger partial charge >= 0.3 is 0 Å². The van der Waals surface area contributed by atoms with Gasteiger partial charge in [-0.1, -0.05) is 45.0 Å². The summed E-state index contributed by atoms with van der Waals surface area (Å²) < 4.78 is 39.1. The third kappa shape index (κ3) is 5.06. The van der Waals surface area contributed by atoms with Gasteiger partial charge < -0.3 is 28.7 Å². The van der Waals surface area contributed by atoms with Crippen LogP contribution in [0.2, 0.25) is 0 Å². The minimum Gasteiger partial charge on any atom is -0.494 e. The molecule has 1 N–H and O–H groups in total. The Labute approximate surface area is 245 Å². The Hall–Kier alpha value is -4.11. The van der Waals surface area contributed by atoms with Gasteiger partial charge in [0.25, 0.3) is 0 Å². The summed E-state index contributed by atoms with van der Waals surface area (Å²) in [6.45, 7) is 9.53. The number of anilines is 1. The molecular weight excluding hydrogens is 537 g/mol. The molecule has 220 valence electrons. The van der Waals surface area contributed by atoms with E-state index >= 15 is 4.39 Å². The molecule has 3 heterocycles. The fraction of sp³-hybridized carbons (Fsp3) is 0.394. The van der Waals surface area contributed by atoms with Crippen molar-refractivity contribution in [3.05, 3.63) is 81.7 Å². The zero-order valence-electron chi connectivity index (χ0n) is 24.5. The number of carbonyl (C=O) groups excluding carboxylic acids is 1. The first-order valence-corrected chi connectivity index (χ1v) is 14.3. The highest BCUT2D eigenvalue weighted by Gasteiger charge is 2.34. The van der Waals surface area contributed by atoms with Crippen LogP contribution in [-0.2, 0) is 29.9 Å². The van der Waals surface area contributed by atoms with Crippen LogP contribution in [0.5, 0.6) is 17.2 Å². The van der Waals surface area contributed by atoms with E-state index < -0.39 is 5.82 Å². The molecule has 6 rings (SSSR count). The molecule has 1 saturated heterocycles. The van der Waals surface area contributed by atoms with Crippen LogP contribution < -0.4 is 19.1 Å². The summed E-state index contributed by atoms with van der Waals surface area (Å²) in [6, 6.07) is 13.2. The number of fused-ring (bicyclic) bond motifs is 3. The molecule has 0 aliphatic carbocycles. The molecule has 3 aliphatic heterocycles. The lowest BCUT2D eigenvalue weighted by Gasteiger charge is -2.33. The number of benzene rings is 3. The zero-order chi connectivity index (χ0) is 29.6. The summed E-state index contributed by atoms with van der Waals surface area (Å²) in [5, 5.41) is 8.82. The summed E-state index contributed by atoms with van der Waals surface area (Å²) in [4.78, 5) is 17.6. The smallest absolute Gasteiger partial charge is 0.198 e. The first-order valence-electron chi connectivity index (χ1n) is 14.3. The van der Waals surface area contributed by atoms with Crippen LogP contribution in [0.15, 0.2) is 42.5 Å². The van der Waals surface area contributed by atoms with Gasteiger partial charge in [-0.15, -0.1) is 0 Å². The molecule has 0 bridgehead atoms.